The molecule has 0 aliphatic carbocycles. The molecule has 0 aliphatic heterocycles. The minimum atomic E-state index is -0.554. The minimum absolute atomic E-state index is 0.0254. The van der Waals surface area contributed by atoms with Gasteiger partial charge in [-0.1, -0.05) is 12.1 Å². The molecule has 0 saturated carbocycles. The molecular formula is C17H19N3O5. The molecule has 0 fully saturated rings. The Labute approximate surface area is 143 Å². The molecule has 8 nitrogen and oxygen atoms in total. The normalized spacial score (nSPS) is 10.4. The first-order valence-corrected chi connectivity index (χ1v) is 7.61. The van der Waals surface area contributed by atoms with Crippen molar-refractivity contribution in [2.45, 2.75) is 19.8 Å². The Morgan fingerprint density at radius 2 is 1.92 bits per heavy atom. The first-order chi connectivity index (χ1) is 11.8. The summed E-state index contributed by atoms with van der Waals surface area (Å²) in [6, 6.07) is 6.48. The van der Waals surface area contributed by atoms with Crippen LogP contribution in [0.4, 0.5) is 5.69 Å². The Kier molecular flexibility index (Phi) is 5.53. The molecule has 1 amide bonds. The number of amides is 1. The summed E-state index contributed by atoms with van der Waals surface area (Å²) in [5.74, 6) is -0.912. The molecule has 0 bridgehead atoms. The summed E-state index contributed by atoms with van der Waals surface area (Å²) in [5.41, 5.74) is 0.473. The number of nitrogens with one attached hydrogen (secondary N) is 2. The molecule has 0 spiro atoms. The van der Waals surface area contributed by atoms with Gasteiger partial charge in [0.2, 0.25) is 5.91 Å². The smallest absolute Gasteiger partial charge is 0.339 e. The summed E-state index contributed by atoms with van der Waals surface area (Å²) in [7, 11) is 2.63. The molecule has 1 aromatic carbocycles. The molecule has 2 aromatic rings. The fraction of sp³-hybridized carbons (Fsp3) is 0.294. The van der Waals surface area contributed by atoms with Gasteiger partial charge in [-0.3, -0.25) is 14.2 Å². The number of rotatable bonds is 5. The third-order valence-electron chi connectivity index (χ3n) is 3.82. The number of hydrogen-bond acceptors (Lipinski definition) is 5. The maximum Gasteiger partial charge on any atom is 0.339 e. The van der Waals surface area contributed by atoms with E-state index in [1.165, 1.54) is 14.2 Å². The summed E-state index contributed by atoms with van der Waals surface area (Å²) in [4.78, 5) is 50.1. The van der Waals surface area contributed by atoms with Crippen LogP contribution in [0.2, 0.25) is 0 Å². The number of carbonyl (C=O) groups is 2. The lowest BCUT2D eigenvalue weighted by molar-refractivity contribution is -0.116. The Bertz CT molecular complexity index is 927. The zero-order valence-electron chi connectivity index (χ0n) is 14.2. The van der Waals surface area contributed by atoms with E-state index in [4.69, 9.17) is 0 Å². The van der Waals surface area contributed by atoms with Crippen LogP contribution in [-0.2, 0) is 23.0 Å². The number of anilines is 1. The van der Waals surface area contributed by atoms with Gasteiger partial charge in [0.1, 0.15) is 0 Å². The molecule has 0 atom stereocenters. The van der Waals surface area contributed by atoms with Gasteiger partial charge in [0.25, 0.3) is 5.56 Å². The number of aromatic amines is 1. The van der Waals surface area contributed by atoms with Crippen LogP contribution in [0.3, 0.4) is 0 Å². The topological polar surface area (TPSA) is 110 Å². The van der Waals surface area contributed by atoms with Crippen LogP contribution in [0.1, 0.15) is 28.0 Å². The number of hydrogen-bond donors (Lipinski definition) is 2. The summed E-state index contributed by atoms with van der Waals surface area (Å²) in [6.45, 7) is 1.61. The number of H-pyrrole nitrogens is 1. The van der Waals surface area contributed by atoms with E-state index >= 15 is 0 Å². The highest BCUT2D eigenvalue weighted by Gasteiger charge is 2.15. The maximum atomic E-state index is 12.2. The van der Waals surface area contributed by atoms with Gasteiger partial charge in [0.15, 0.2) is 0 Å². The summed E-state index contributed by atoms with van der Waals surface area (Å²) in [6.07, 6.45) is 0.194. The fourth-order valence-corrected chi connectivity index (χ4v) is 2.40. The van der Waals surface area contributed by atoms with Gasteiger partial charge in [-0.05, 0) is 25.5 Å². The average molecular weight is 345 g/mol. The van der Waals surface area contributed by atoms with Crippen molar-refractivity contribution >= 4 is 17.6 Å². The molecular weight excluding hydrogens is 326 g/mol. The number of benzene rings is 1. The summed E-state index contributed by atoms with van der Waals surface area (Å²) < 4.78 is 5.64. The lowest BCUT2D eigenvalue weighted by Gasteiger charge is -2.10. The van der Waals surface area contributed by atoms with Crippen molar-refractivity contribution in [3.8, 4) is 0 Å². The number of esters is 1. The molecule has 8 heteroatoms. The number of nitrogens with zero attached hydrogens (tertiary/aromatic N) is 1. The zero-order valence-corrected chi connectivity index (χ0v) is 14.2. The van der Waals surface area contributed by atoms with E-state index in [1.54, 1.807) is 31.2 Å². The maximum absolute atomic E-state index is 12.2. The van der Waals surface area contributed by atoms with E-state index in [1.807, 2.05) is 0 Å². The Hall–Kier alpha value is -3.16. The first kappa shape index (κ1) is 18.2. The van der Waals surface area contributed by atoms with E-state index in [-0.39, 0.29) is 24.3 Å². The van der Waals surface area contributed by atoms with Gasteiger partial charge in [0, 0.05) is 24.7 Å². The second-order valence-electron chi connectivity index (χ2n) is 5.48. The first-order valence-electron chi connectivity index (χ1n) is 7.61. The van der Waals surface area contributed by atoms with Crippen molar-refractivity contribution in [3.63, 3.8) is 0 Å². The lowest BCUT2D eigenvalue weighted by atomic mass is 10.1. The molecule has 0 aliphatic rings. The molecule has 0 radical (unpaired) electrons. The van der Waals surface area contributed by atoms with E-state index in [0.717, 1.165) is 4.57 Å². The molecule has 25 heavy (non-hydrogen) atoms. The molecule has 1 heterocycles. The largest absolute Gasteiger partial charge is 0.465 e. The third kappa shape index (κ3) is 4.03. The van der Waals surface area contributed by atoms with Crippen LogP contribution >= 0.6 is 0 Å². The van der Waals surface area contributed by atoms with Crippen LogP contribution in [0, 0.1) is 6.92 Å². The molecule has 0 unspecified atom stereocenters. The predicted octanol–water partition coefficient (Wildman–Crippen LogP) is 0.740. The highest BCUT2D eigenvalue weighted by atomic mass is 16.5. The lowest BCUT2D eigenvalue weighted by Crippen LogP contribution is -2.36. The van der Waals surface area contributed by atoms with Crippen molar-refractivity contribution in [2.75, 3.05) is 12.4 Å². The Morgan fingerprint density at radius 3 is 2.60 bits per heavy atom. The van der Waals surface area contributed by atoms with Gasteiger partial charge in [-0.25, -0.2) is 9.59 Å². The molecule has 2 rings (SSSR count). The SMILES string of the molecule is COC(=O)c1ccccc1NC(=O)CCc1c(C)[nH]c(=O)n(C)c1=O. The zero-order chi connectivity index (χ0) is 18.6. The van der Waals surface area contributed by atoms with Crippen molar-refractivity contribution in [2.24, 2.45) is 7.05 Å². The fourth-order valence-electron chi connectivity index (χ4n) is 2.40. The number of aryl methyl sites for hydroxylation is 1. The van der Waals surface area contributed by atoms with Crippen LogP contribution in [0.25, 0.3) is 0 Å². The van der Waals surface area contributed by atoms with Crippen LogP contribution in [0.15, 0.2) is 33.9 Å². The van der Waals surface area contributed by atoms with Crippen molar-refractivity contribution < 1.29 is 14.3 Å². The van der Waals surface area contributed by atoms with Crippen LogP contribution in [-0.4, -0.2) is 28.5 Å². The number of aromatic nitrogens is 2. The minimum Gasteiger partial charge on any atom is -0.465 e. The van der Waals surface area contributed by atoms with Crippen LogP contribution < -0.4 is 16.6 Å². The average Bonchev–Trinajstić information content (AvgIpc) is 2.59. The van der Waals surface area contributed by atoms with Crippen molar-refractivity contribution in [1.82, 2.24) is 9.55 Å². The predicted molar refractivity (Wildman–Crippen MR) is 91.8 cm³/mol. The third-order valence-corrected chi connectivity index (χ3v) is 3.82. The number of carbonyl (C=O) groups excluding carboxylic acids is 2. The quantitative estimate of drug-likeness (QED) is 0.777. The van der Waals surface area contributed by atoms with Crippen LogP contribution in [0.5, 0.6) is 0 Å². The van der Waals surface area contributed by atoms with Gasteiger partial charge < -0.3 is 15.0 Å². The standard InChI is InChI=1S/C17H19N3O5/c1-10-11(15(22)20(2)17(24)18-10)8-9-14(21)19-13-7-5-4-6-12(13)16(23)25-3/h4-7H,8-9H2,1-3H3,(H,18,24)(H,19,21). The van der Waals surface area contributed by atoms with Crippen molar-refractivity contribution in [1.29, 1.82) is 0 Å². The van der Waals surface area contributed by atoms with E-state index in [0.29, 0.717) is 16.9 Å². The summed E-state index contributed by atoms with van der Waals surface area (Å²) in [5, 5.41) is 2.64. The molecule has 132 valence electrons. The monoisotopic (exact) mass is 345 g/mol. The molecule has 2 N–H and O–H groups in total. The van der Waals surface area contributed by atoms with E-state index < -0.39 is 17.2 Å². The highest BCUT2D eigenvalue weighted by molar-refractivity contribution is 6.01. The molecule has 1 aromatic heterocycles. The second kappa shape index (κ2) is 7.61. The Balaban J connectivity index is 2.13. The van der Waals surface area contributed by atoms with Gasteiger partial charge >= 0.3 is 11.7 Å². The van der Waals surface area contributed by atoms with Crippen molar-refractivity contribution in [3.05, 3.63) is 61.9 Å². The Morgan fingerprint density at radius 1 is 1.24 bits per heavy atom. The number of methoxy groups -OCH3 is 1. The second-order valence-corrected chi connectivity index (χ2v) is 5.48. The highest BCUT2D eigenvalue weighted by Crippen LogP contribution is 2.16. The van der Waals surface area contributed by atoms with Gasteiger partial charge in [0.05, 0.1) is 18.4 Å². The van der Waals surface area contributed by atoms with E-state index in [2.05, 4.69) is 15.0 Å². The number of para-hydroxylation sites is 1. The summed E-state index contributed by atoms with van der Waals surface area (Å²) >= 11 is 0. The van der Waals surface area contributed by atoms with E-state index in [9.17, 15) is 19.2 Å². The molecule has 0 saturated heterocycles. The van der Waals surface area contributed by atoms with Gasteiger partial charge in [-0.2, -0.15) is 0 Å². The van der Waals surface area contributed by atoms with Gasteiger partial charge in [-0.15, -0.1) is 0 Å². The number of ether oxygens (including phenoxy) is 1.